The van der Waals surface area contributed by atoms with Crippen molar-refractivity contribution in [3.8, 4) is 0 Å². The van der Waals surface area contributed by atoms with E-state index in [-0.39, 0.29) is 11.9 Å². The summed E-state index contributed by atoms with van der Waals surface area (Å²) in [5, 5.41) is 6.87. The van der Waals surface area contributed by atoms with Gasteiger partial charge in [0.1, 0.15) is 11.8 Å². The third kappa shape index (κ3) is 3.94. The van der Waals surface area contributed by atoms with E-state index in [1.807, 2.05) is 50.2 Å². The number of hydrogen-bond donors (Lipinski definition) is 0. The van der Waals surface area contributed by atoms with Crippen LogP contribution in [0, 0.1) is 0 Å². The van der Waals surface area contributed by atoms with Crippen molar-refractivity contribution in [2.45, 2.75) is 26.3 Å². The molecule has 1 unspecified atom stereocenters. The second-order valence-corrected chi connectivity index (χ2v) is 6.43. The number of furan rings is 1. The van der Waals surface area contributed by atoms with Crippen LogP contribution < -0.4 is 0 Å². The average Bonchev–Trinajstić information content (AvgIpc) is 3.29. The number of hydrazone groups is 1. The van der Waals surface area contributed by atoms with Crippen molar-refractivity contribution < 1.29 is 9.21 Å². The number of rotatable bonds is 6. The molecule has 0 spiro atoms. The fourth-order valence-electron chi connectivity index (χ4n) is 2.97. The first-order valence-corrected chi connectivity index (χ1v) is 8.91. The van der Waals surface area contributed by atoms with Gasteiger partial charge in [-0.05, 0) is 42.9 Å². The van der Waals surface area contributed by atoms with Crippen molar-refractivity contribution in [3.63, 3.8) is 0 Å². The highest BCUT2D eigenvalue weighted by molar-refractivity contribution is 6.30. The molecule has 6 heteroatoms. The Morgan fingerprint density at radius 3 is 2.60 bits per heavy atom. The molecule has 1 aliphatic rings. The maximum Gasteiger partial charge on any atom is 0.257 e. The number of halogens is 1. The standard InChI is InChI=1S/C19H22ClN3O2/c1-3-22(4-2)13-19(24)23-17(18-6-5-11-25-18)12-16(21-23)14-7-9-15(20)10-8-14/h5-11,17H,3-4,12-13H2,1-2H3. The minimum atomic E-state index is -0.205. The van der Waals surface area contributed by atoms with Crippen LogP contribution >= 0.6 is 11.6 Å². The molecule has 25 heavy (non-hydrogen) atoms. The Labute approximate surface area is 152 Å². The van der Waals surface area contributed by atoms with Gasteiger partial charge in [0.2, 0.25) is 0 Å². The summed E-state index contributed by atoms with van der Waals surface area (Å²) >= 11 is 5.97. The van der Waals surface area contributed by atoms with Crippen molar-refractivity contribution in [1.82, 2.24) is 9.91 Å². The minimum absolute atomic E-state index is 0.0194. The van der Waals surface area contributed by atoms with Crippen LogP contribution in [0.3, 0.4) is 0 Å². The van der Waals surface area contributed by atoms with Crippen LogP contribution in [0.4, 0.5) is 0 Å². The van der Waals surface area contributed by atoms with Crippen LogP contribution in [0.25, 0.3) is 0 Å². The highest BCUT2D eigenvalue weighted by Crippen LogP contribution is 2.33. The van der Waals surface area contributed by atoms with E-state index in [0.717, 1.165) is 30.1 Å². The average molecular weight is 360 g/mol. The van der Waals surface area contributed by atoms with Crippen LogP contribution in [-0.4, -0.2) is 41.2 Å². The Balaban J connectivity index is 1.87. The summed E-state index contributed by atoms with van der Waals surface area (Å²) in [6.07, 6.45) is 2.25. The number of hydrogen-bond acceptors (Lipinski definition) is 4. The Kier molecular flexibility index (Phi) is 5.56. The molecule has 0 N–H and O–H groups in total. The van der Waals surface area contributed by atoms with Gasteiger partial charge in [-0.3, -0.25) is 9.69 Å². The fourth-order valence-corrected chi connectivity index (χ4v) is 3.10. The van der Waals surface area contributed by atoms with Crippen molar-refractivity contribution >= 4 is 23.2 Å². The molecule has 3 rings (SSSR count). The van der Waals surface area contributed by atoms with E-state index in [1.165, 1.54) is 0 Å². The molecular weight excluding hydrogens is 338 g/mol. The Morgan fingerprint density at radius 1 is 1.28 bits per heavy atom. The molecule has 1 aliphatic heterocycles. The zero-order chi connectivity index (χ0) is 17.8. The molecule has 1 aromatic carbocycles. The third-order valence-corrected chi connectivity index (χ3v) is 4.72. The van der Waals surface area contributed by atoms with Crippen LogP contribution in [0.15, 0.2) is 52.2 Å². The first-order valence-electron chi connectivity index (χ1n) is 8.53. The Morgan fingerprint density at radius 2 is 2.00 bits per heavy atom. The van der Waals surface area contributed by atoms with Crippen LogP contribution in [-0.2, 0) is 4.79 Å². The zero-order valence-electron chi connectivity index (χ0n) is 14.5. The third-order valence-electron chi connectivity index (χ3n) is 4.47. The first kappa shape index (κ1) is 17.7. The maximum absolute atomic E-state index is 12.8. The molecule has 0 aliphatic carbocycles. The SMILES string of the molecule is CCN(CC)CC(=O)N1N=C(c2ccc(Cl)cc2)CC1c1ccco1. The van der Waals surface area contributed by atoms with Gasteiger partial charge in [0.25, 0.3) is 5.91 Å². The summed E-state index contributed by atoms with van der Waals surface area (Å²) in [7, 11) is 0. The van der Waals surface area contributed by atoms with Crippen LogP contribution in [0.5, 0.6) is 0 Å². The molecule has 1 atom stereocenters. The molecule has 2 heterocycles. The van der Waals surface area contributed by atoms with E-state index in [2.05, 4.69) is 10.0 Å². The van der Waals surface area contributed by atoms with Gasteiger partial charge in [-0.15, -0.1) is 0 Å². The van der Waals surface area contributed by atoms with E-state index in [4.69, 9.17) is 16.0 Å². The predicted octanol–water partition coefficient (Wildman–Crippen LogP) is 3.95. The van der Waals surface area contributed by atoms with Gasteiger partial charge in [0.05, 0.1) is 18.5 Å². The smallest absolute Gasteiger partial charge is 0.257 e. The highest BCUT2D eigenvalue weighted by Gasteiger charge is 2.35. The summed E-state index contributed by atoms with van der Waals surface area (Å²) in [6.45, 7) is 6.10. The molecule has 0 saturated carbocycles. The molecule has 132 valence electrons. The molecule has 0 radical (unpaired) electrons. The molecule has 0 bridgehead atoms. The minimum Gasteiger partial charge on any atom is -0.467 e. The Bertz CT molecular complexity index is 737. The van der Waals surface area contributed by atoms with E-state index in [1.54, 1.807) is 11.3 Å². The highest BCUT2D eigenvalue weighted by atomic mass is 35.5. The monoisotopic (exact) mass is 359 g/mol. The lowest BCUT2D eigenvalue weighted by atomic mass is 10.0. The van der Waals surface area contributed by atoms with Gasteiger partial charge in [0, 0.05) is 11.4 Å². The molecule has 1 aromatic heterocycles. The first-order chi connectivity index (χ1) is 12.1. The summed E-state index contributed by atoms with van der Waals surface area (Å²) in [4.78, 5) is 14.9. The van der Waals surface area contributed by atoms with E-state index >= 15 is 0 Å². The van der Waals surface area contributed by atoms with Crippen molar-refractivity contribution in [1.29, 1.82) is 0 Å². The normalized spacial score (nSPS) is 17.2. The molecule has 2 aromatic rings. The molecule has 1 amide bonds. The van der Waals surface area contributed by atoms with Gasteiger partial charge in [-0.25, -0.2) is 5.01 Å². The lowest BCUT2D eigenvalue weighted by Gasteiger charge is -2.24. The summed E-state index contributed by atoms with van der Waals surface area (Å²) in [6, 6.07) is 11.1. The number of nitrogens with zero attached hydrogens (tertiary/aromatic N) is 3. The lowest BCUT2D eigenvalue weighted by molar-refractivity contribution is -0.134. The van der Waals surface area contributed by atoms with Crippen molar-refractivity contribution in [3.05, 3.63) is 59.0 Å². The number of benzene rings is 1. The van der Waals surface area contributed by atoms with Gasteiger partial charge in [0.15, 0.2) is 0 Å². The van der Waals surface area contributed by atoms with Crippen LogP contribution in [0.2, 0.25) is 5.02 Å². The van der Waals surface area contributed by atoms with Gasteiger partial charge in [-0.2, -0.15) is 5.10 Å². The second kappa shape index (κ2) is 7.85. The Hall–Kier alpha value is -2.11. The van der Waals surface area contributed by atoms with E-state index in [9.17, 15) is 4.79 Å². The lowest BCUT2D eigenvalue weighted by Crippen LogP contribution is -2.38. The predicted molar refractivity (Wildman–Crippen MR) is 98.7 cm³/mol. The molecule has 5 nitrogen and oxygen atoms in total. The van der Waals surface area contributed by atoms with Crippen molar-refractivity contribution in [2.75, 3.05) is 19.6 Å². The summed E-state index contributed by atoms with van der Waals surface area (Å²) in [5.74, 6) is 0.731. The van der Waals surface area contributed by atoms with Crippen LogP contribution in [0.1, 0.15) is 37.6 Å². The van der Waals surface area contributed by atoms with E-state index in [0.29, 0.717) is 18.0 Å². The summed E-state index contributed by atoms with van der Waals surface area (Å²) < 4.78 is 5.56. The fraction of sp³-hybridized carbons (Fsp3) is 0.368. The topological polar surface area (TPSA) is 49.1 Å². The number of carbonyl (C=O) groups excluding carboxylic acids is 1. The number of amides is 1. The molecule has 0 fully saturated rings. The van der Waals surface area contributed by atoms with Crippen molar-refractivity contribution in [2.24, 2.45) is 5.10 Å². The quantitative estimate of drug-likeness (QED) is 0.784. The zero-order valence-corrected chi connectivity index (χ0v) is 15.2. The summed E-state index contributed by atoms with van der Waals surface area (Å²) in [5.41, 5.74) is 1.84. The van der Waals surface area contributed by atoms with Gasteiger partial charge in [-0.1, -0.05) is 37.6 Å². The largest absolute Gasteiger partial charge is 0.467 e. The number of likely N-dealkylation sites (N-methyl/N-ethyl adjacent to an activating group) is 1. The van der Waals surface area contributed by atoms with E-state index < -0.39 is 0 Å². The van der Waals surface area contributed by atoms with Gasteiger partial charge < -0.3 is 4.42 Å². The second-order valence-electron chi connectivity index (χ2n) is 5.99. The maximum atomic E-state index is 12.8. The molecule has 0 saturated heterocycles. The number of carbonyl (C=O) groups is 1. The van der Waals surface area contributed by atoms with Gasteiger partial charge >= 0.3 is 0 Å². The molecular formula is C19H22ClN3O2.